The van der Waals surface area contributed by atoms with E-state index < -0.39 is 11.9 Å². The first-order valence-electron chi connectivity index (χ1n) is 6.71. The monoisotopic (exact) mass is 332 g/mol. The summed E-state index contributed by atoms with van der Waals surface area (Å²) in [5.41, 5.74) is 2.38. The van der Waals surface area contributed by atoms with Gasteiger partial charge in [0.15, 0.2) is 0 Å². The molecule has 1 aromatic carbocycles. The van der Waals surface area contributed by atoms with E-state index in [1.165, 1.54) is 14.2 Å². The number of thiazole rings is 1. The Morgan fingerprint density at radius 1 is 1.26 bits per heavy atom. The topological polar surface area (TPSA) is 77.5 Å². The van der Waals surface area contributed by atoms with E-state index in [2.05, 4.69) is 19.8 Å². The molecule has 0 unspecified atom stereocenters. The molecule has 0 spiro atoms. The normalized spacial score (nSPS) is 11.0. The summed E-state index contributed by atoms with van der Waals surface area (Å²) < 4.78 is 9.20. The van der Waals surface area contributed by atoms with E-state index in [0.717, 1.165) is 22.3 Å². The largest absolute Gasteiger partial charge is 0.466 e. The second kappa shape index (κ2) is 7.55. The maximum Gasteiger partial charge on any atom is 0.354 e. The Hall–Kier alpha value is -2.67. The molecule has 0 saturated heterocycles. The summed E-state index contributed by atoms with van der Waals surface area (Å²) in [6, 6.07) is 7.36. The molecular formula is C16H16N2O4S. The van der Waals surface area contributed by atoms with Crippen LogP contribution in [0.1, 0.15) is 5.01 Å². The Balaban J connectivity index is 2.28. The molecule has 1 N–H and O–H groups in total. The molecule has 0 amide bonds. The molecule has 0 aliphatic rings. The molecule has 0 aliphatic carbocycles. The Bertz CT molecular complexity index is 752. The van der Waals surface area contributed by atoms with Crippen LogP contribution < -0.4 is 5.32 Å². The zero-order valence-corrected chi connectivity index (χ0v) is 13.8. The highest BCUT2D eigenvalue weighted by molar-refractivity contribution is 7.09. The maximum absolute atomic E-state index is 11.8. The number of esters is 2. The van der Waals surface area contributed by atoms with Crippen molar-refractivity contribution in [2.45, 2.75) is 6.92 Å². The number of carbonyl (C=O) groups excluding carboxylic acids is 2. The number of carbonyl (C=O) groups is 2. The first kappa shape index (κ1) is 16.7. The molecular weight excluding hydrogens is 316 g/mol. The lowest BCUT2D eigenvalue weighted by molar-refractivity contribution is -0.138. The van der Waals surface area contributed by atoms with E-state index in [1.54, 1.807) is 17.4 Å². The molecule has 0 aliphatic heterocycles. The summed E-state index contributed by atoms with van der Waals surface area (Å²) in [6.07, 6.45) is 1.05. The molecule has 2 rings (SSSR count). The molecule has 0 radical (unpaired) electrons. The fourth-order valence-corrected chi connectivity index (χ4v) is 2.46. The van der Waals surface area contributed by atoms with E-state index in [4.69, 9.17) is 0 Å². The molecule has 1 aromatic heterocycles. The van der Waals surface area contributed by atoms with Gasteiger partial charge in [0.2, 0.25) is 0 Å². The van der Waals surface area contributed by atoms with E-state index in [-0.39, 0.29) is 5.70 Å². The minimum Gasteiger partial charge on any atom is -0.466 e. The van der Waals surface area contributed by atoms with Crippen LogP contribution in [0.5, 0.6) is 0 Å². The average Bonchev–Trinajstić information content (AvgIpc) is 3.00. The van der Waals surface area contributed by atoms with Crippen molar-refractivity contribution >= 4 is 29.0 Å². The van der Waals surface area contributed by atoms with Gasteiger partial charge < -0.3 is 14.8 Å². The quantitative estimate of drug-likeness (QED) is 0.670. The number of nitrogens with one attached hydrogen (secondary N) is 1. The number of hydrogen-bond acceptors (Lipinski definition) is 7. The van der Waals surface area contributed by atoms with Crippen molar-refractivity contribution in [2.75, 3.05) is 19.5 Å². The molecule has 1 heterocycles. The molecule has 6 nitrogen and oxygen atoms in total. The van der Waals surface area contributed by atoms with Gasteiger partial charge in [-0.1, -0.05) is 12.1 Å². The van der Waals surface area contributed by atoms with Crippen LogP contribution in [0.2, 0.25) is 0 Å². The summed E-state index contributed by atoms with van der Waals surface area (Å²) >= 11 is 1.56. The van der Waals surface area contributed by atoms with Crippen LogP contribution in [0.3, 0.4) is 0 Å². The summed E-state index contributed by atoms with van der Waals surface area (Å²) in [5, 5.41) is 5.80. The van der Waals surface area contributed by atoms with Crippen molar-refractivity contribution < 1.29 is 19.1 Å². The van der Waals surface area contributed by atoms with Crippen LogP contribution in [0.4, 0.5) is 5.69 Å². The van der Waals surface area contributed by atoms with Gasteiger partial charge in [0, 0.05) is 16.6 Å². The number of hydrogen-bond donors (Lipinski definition) is 1. The number of benzene rings is 1. The number of methoxy groups -OCH3 is 2. The molecule has 120 valence electrons. The lowest BCUT2D eigenvalue weighted by Crippen LogP contribution is -2.15. The third-order valence-corrected chi connectivity index (χ3v) is 3.70. The average molecular weight is 332 g/mol. The van der Waals surface area contributed by atoms with E-state index in [1.807, 2.05) is 30.5 Å². The summed E-state index contributed by atoms with van der Waals surface area (Å²) in [6.45, 7) is 1.94. The zero-order valence-electron chi connectivity index (χ0n) is 13.0. The highest BCUT2D eigenvalue weighted by Crippen LogP contribution is 2.24. The third kappa shape index (κ3) is 4.40. The molecule has 0 atom stereocenters. The van der Waals surface area contributed by atoms with Gasteiger partial charge in [-0.25, -0.2) is 14.6 Å². The first-order chi connectivity index (χ1) is 11.0. The van der Waals surface area contributed by atoms with Gasteiger partial charge in [0.25, 0.3) is 0 Å². The first-order valence-corrected chi connectivity index (χ1v) is 7.59. The fraction of sp³-hybridized carbons (Fsp3) is 0.188. The molecule has 0 saturated carbocycles. The SMILES string of the molecule is COC(=O)/C=C(/Nc1cccc(-c2csc(C)n2)c1)C(=O)OC. The van der Waals surface area contributed by atoms with Gasteiger partial charge in [-0.2, -0.15) is 0 Å². The molecule has 0 bridgehead atoms. The van der Waals surface area contributed by atoms with Crippen LogP contribution in [-0.4, -0.2) is 31.1 Å². The second-order valence-electron chi connectivity index (χ2n) is 4.53. The summed E-state index contributed by atoms with van der Waals surface area (Å²) in [4.78, 5) is 27.5. The van der Waals surface area contributed by atoms with Crippen molar-refractivity contribution in [1.29, 1.82) is 0 Å². The highest BCUT2D eigenvalue weighted by atomic mass is 32.1. The molecule has 2 aromatic rings. The summed E-state index contributed by atoms with van der Waals surface area (Å²) in [7, 11) is 2.47. The molecule has 0 fully saturated rings. The van der Waals surface area contributed by atoms with Crippen LogP contribution in [0.25, 0.3) is 11.3 Å². The maximum atomic E-state index is 11.8. The predicted molar refractivity (Wildman–Crippen MR) is 88.0 cm³/mol. The lowest BCUT2D eigenvalue weighted by Gasteiger charge is -2.10. The number of rotatable bonds is 5. The van der Waals surface area contributed by atoms with Gasteiger partial charge in [-0.3, -0.25) is 0 Å². The van der Waals surface area contributed by atoms with Crippen LogP contribution in [0.15, 0.2) is 41.4 Å². The van der Waals surface area contributed by atoms with E-state index >= 15 is 0 Å². The van der Waals surface area contributed by atoms with Crippen LogP contribution in [-0.2, 0) is 19.1 Å². The van der Waals surface area contributed by atoms with Gasteiger partial charge in [-0.05, 0) is 19.1 Å². The van der Waals surface area contributed by atoms with Crippen molar-refractivity contribution in [3.05, 3.63) is 46.4 Å². The third-order valence-electron chi connectivity index (χ3n) is 2.93. The molecule has 23 heavy (non-hydrogen) atoms. The van der Waals surface area contributed by atoms with E-state index in [0.29, 0.717) is 5.69 Å². The van der Waals surface area contributed by atoms with Crippen molar-refractivity contribution in [2.24, 2.45) is 0 Å². The van der Waals surface area contributed by atoms with Gasteiger partial charge in [0.1, 0.15) is 5.70 Å². The Morgan fingerprint density at radius 2 is 2.04 bits per heavy atom. The van der Waals surface area contributed by atoms with Crippen molar-refractivity contribution in [3.8, 4) is 11.3 Å². The number of nitrogens with zero attached hydrogens (tertiary/aromatic N) is 1. The van der Waals surface area contributed by atoms with Crippen molar-refractivity contribution in [1.82, 2.24) is 4.98 Å². The zero-order chi connectivity index (χ0) is 16.8. The minimum absolute atomic E-state index is 0.00837. The Labute approximate surface area is 137 Å². The standard InChI is InChI=1S/C16H16N2O4S/c1-10-17-14(9-23-10)11-5-4-6-12(7-11)18-13(16(20)22-3)8-15(19)21-2/h4-9,18H,1-3H3/b13-8+. The van der Waals surface area contributed by atoms with Gasteiger partial charge >= 0.3 is 11.9 Å². The second-order valence-corrected chi connectivity index (χ2v) is 5.59. The smallest absolute Gasteiger partial charge is 0.354 e. The number of ether oxygens (including phenoxy) is 2. The molecule has 7 heteroatoms. The summed E-state index contributed by atoms with van der Waals surface area (Å²) in [5.74, 6) is -1.31. The van der Waals surface area contributed by atoms with Crippen LogP contribution in [0, 0.1) is 6.92 Å². The predicted octanol–water partition coefficient (Wildman–Crippen LogP) is 2.76. The van der Waals surface area contributed by atoms with Crippen LogP contribution >= 0.6 is 11.3 Å². The number of anilines is 1. The van der Waals surface area contributed by atoms with E-state index in [9.17, 15) is 9.59 Å². The fourth-order valence-electron chi connectivity index (χ4n) is 1.84. The Morgan fingerprint density at radius 3 is 2.65 bits per heavy atom. The van der Waals surface area contributed by atoms with Gasteiger partial charge in [-0.15, -0.1) is 11.3 Å². The number of aryl methyl sites for hydroxylation is 1. The van der Waals surface area contributed by atoms with Gasteiger partial charge in [0.05, 0.1) is 31.0 Å². The van der Waals surface area contributed by atoms with Crippen molar-refractivity contribution in [3.63, 3.8) is 0 Å². The minimum atomic E-state index is -0.662. The highest BCUT2D eigenvalue weighted by Gasteiger charge is 2.13. The lowest BCUT2D eigenvalue weighted by atomic mass is 10.1. The number of aromatic nitrogens is 1. The Kier molecular flexibility index (Phi) is 5.48.